The monoisotopic (exact) mass is 328 g/mol. The zero-order chi connectivity index (χ0) is 17.2. The van der Waals surface area contributed by atoms with Crippen LogP contribution in [0.2, 0.25) is 0 Å². The van der Waals surface area contributed by atoms with E-state index in [0.717, 1.165) is 42.6 Å². The van der Waals surface area contributed by atoms with Crippen LogP contribution in [-0.2, 0) is 11.2 Å². The smallest absolute Gasteiger partial charge is 0.108 e. The summed E-state index contributed by atoms with van der Waals surface area (Å²) in [6, 6.07) is 6.01. The first kappa shape index (κ1) is 18.2. The van der Waals surface area contributed by atoms with Gasteiger partial charge in [0, 0.05) is 25.4 Å². The summed E-state index contributed by atoms with van der Waals surface area (Å²) in [6.07, 6.45) is 6.26. The van der Waals surface area contributed by atoms with Crippen LogP contribution < -0.4 is 11.6 Å². The summed E-state index contributed by atoms with van der Waals surface area (Å²) in [6.45, 7) is 3.94. The Hall–Kier alpha value is -2.16. The van der Waals surface area contributed by atoms with Gasteiger partial charge in [-0.15, -0.1) is 0 Å². The SMILES string of the molecule is CCc1cc(C#CCN)ccc1/C(C=NCC1CCCCO1)=N/N.[HH]. The number of nitrogens with two attached hydrogens (primary N) is 2. The Labute approximate surface area is 145 Å². The van der Waals surface area contributed by atoms with Crippen molar-refractivity contribution >= 4 is 11.9 Å². The first-order chi connectivity index (χ1) is 11.8. The lowest BCUT2D eigenvalue weighted by Gasteiger charge is -2.20. The van der Waals surface area contributed by atoms with Crippen LogP contribution in [0.3, 0.4) is 0 Å². The summed E-state index contributed by atoms with van der Waals surface area (Å²) in [5.41, 5.74) is 9.19. The van der Waals surface area contributed by atoms with Crippen LogP contribution in [0.15, 0.2) is 28.3 Å². The molecule has 0 saturated carbocycles. The zero-order valence-electron chi connectivity index (χ0n) is 14.3. The number of hydrazone groups is 1. The quantitative estimate of drug-likeness (QED) is 0.376. The zero-order valence-corrected chi connectivity index (χ0v) is 14.3. The van der Waals surface area contributed by atoms with Crippen molar-refractivity contribution in [2.24, 2.45) is 21.7 Å². The molecule has 0 bridgehead atoms. The number of hydrogen-bond acceptors (Lipinski definition) is 5. The highest BCUT2D eigenvalue weighted by Crippen LogP contribution is 2.15. The second-order valence-electron chi connectivity index (χ2n) is 5.73. The Morgan fingerprint density at radius 2 is 2.33 bits per heavy atom. The van der Waals surface area contributed by atoms with Gasteiger partial charge in [-0.05, 0) is 43.4 Å². The standard InChI is InChI=1S/C19H26N4O.H2/c1-2-16-12-15(6-5-10-20)8-9-18(16)19(23-21)14-22-13-17-7-3-4-11-24-17;/h8-9,12,14,17H,2-4,7,10-11,13,20-21H2,1H3;1H/b22-14?,23-19+;. The number of ether oxygens (including phenoxy) is 1. The van der Waals surface area contributed by atoms with Crippen molar-refractivity contribution < 1.29 is 6.16 Å². The molecule has 130 valence electrons. The molecule has 0 amide bonds. The average Bonchev–Trinajstić information content (AvgIpc) is 2.64. The van der Waals surface area contributed by atoms with Gasteiger partial charge in [0.05, 0.1) is 19.2 Å². The van der Waals surface area contributed by atoms with Crippen molar-refractivity contribution in [3.05, 3.63) is 34.9 Å². The second-order valence-corrected chi connectivity index (χ2v) is 5.73. The lowest BCUT2D eigenvalue weighted by molar-refractivity contribution is 0.0226. The number of nitrogens with zero attached hydrogens (tertiary/aromatic N) is 2. The molecule has 1 aliphatic rings. The van der Waals surface area contributed by atoms with E-state index in [0.29, 0.717) is 18.8 Å². The molecule has 0 aromatic heterocycles. The van der Waals surface area contributed by atoms with Crippen LogP contribution >= 0.6 is 0 Å². The average molecular weight is 328 g/mol. The van der Waals surface area contributed by atoms with Crippen LogP contribution in [0.4, 0.5) is 0 Å². The highest BCUT2D eigenvalue weighted by molar-refractivity contribution is 6.38. The maximum Gasteiger partial charge on any atom is 0.108 e. The molecule has 1 atom stereocenters. The van der Waals surface area contributed by atoms with Crippen molar-refractivity contribution in [1.29, 1.82) is 0 Å². The molecule has 1 aliphatic heterocycles. The summed E-state index contributed by atoms with van der Waals surface area (Å²) >= 11 is 0. The Balaban J connectivity index is 0.00000312. The highest BCUT2D eigenvalue weighted by atomic mass is 16.5. The normalized spacial score (nSPS) is 18.4. The summed E-state index contributed by atoms with van der Waals surface area (Å²) in [5.74, 6) is 11.5. The molecule has 24 heavy (non-hydrogen) atoms. The van der Waals surface area contributed by atoms with Gasteiger partial charge in [-0.2, -0.15) is 5.10 Å². The number of hydrogen-bond donors (Lipinski definition) is 2. The fraction of sp³-hybridized carbons (Fsp3) is 0.474. The summed E-state index contributed by atoms with van der Waals surface area (Å²) < 4.78 is 5.69. The van der Waals surface area contributed by atoms with Crippen LogP contribution in [-0.4, -0.2) is 37.7 Å². The third kappa shape index (κ3) is 5.19. The van der Waals surface area contributed by atoms with Crippen molar-refractivity contribution in [3.63, 3.8) is 0 Å². The van der Waals surface area contributed by atoms with E-state index in [9.17, 15) is 0 Å². The molecule has 1 unspecified atom stereocenters. The lowest BCUT2D eigenvalue weighted by Crippen LogP contribution is -2.22. The molecule has 1 saturated heterocycles. The third-order valence-corrected chi connectivity index (χ3v) is 4.03. The van der Waals surface area contributed by atoms with Crippen molar-refractivity contribution in [1.82, 2.24) is 0 Å². The van der Waals surface area contributed by atoms with Crippen molar-refractivity contribution in [3.8, 4) is 11.8 Å². The molecule has 1 aromatic rings. The van der Waals surface area contributed by atoms with Gasteiger partial charge in [0.2, 0.25) is 0 Å². The fourth-order valence-corrected chi connectivity index (χ4v) is 2.75. The molecule has 0 radical (unpaired) electrons. The Kier molecular flexibility index (Phi) is 7.47. The van der Waals surface area contributed by atoms with Crippen molar-refractivity contribution in [2.45, 2.75) is 38.7 Å². The predicted molar refractivity (Wildman–Crippen MR) is 102 cm³/mol. The van der Waals surface area contributed by atoms with Gasteiger partial charge in [0.25, 0.3) is 0 Å². The lowest BCUT2D eigenvalue weighted by atomic mass is 9.98. The van der Waals surface area contributed by atoms with E-state index >= 15 is 0 Å². The Morgan fingerprint density at radius 1 is 1.46 bits per heavy atom. The van der Waals surface area contributed by atoms with E-state index in [1.54, 1.807) is 6.21 Å². The third-order valence-electron chi connectivity index (χ3n) is 4.03. The van der Waals surface area contributed by atoms with Gasteiger partial charge in [0.15, 0.2) is 0 Å². The maximum atomic E-state index is 5.69. The van der Waals surface area contributed by atoms with E-state index in [4.69, 9.17) is 16.3 Å². The van der Waals surface area contributed by atoms with Gasteiger partial charge >= 0.3 is 0 Å². The minimum Gasteiger partial charge on any atom is -0.376 e. The Morgan fingerprint density at radius 3 is 3.00 bits per heavy atom. The second kappa shape index (κ2) is 9.86. The molecule has 5 nitrogen and oxygen atoms in total. The van der Waals surface area contributed by atoms with Gasteiger partial charge in [0.1, 0.15) is 5.71 Å². The maximum absolute atomic E-state index is 5.69. The van der Waals surface area contributed by atoms with Gasteiger partial charge < -0.3 is 16.3 Å². The van der Waals surface area contributed by atoms with E-state index < -0.39 is 0 Å². The fourth-order valence-electron chi connectivity index (χ4n) is 2.75. The molecular weight excluding hydrogens is 300 g/mol. The molecule has 0 spiro atoms. The van der Waals surface area contributed by atoms with Crippen LogP contribution in [0.5, 0.6) is 0 Å². The molecule has 0 aliphatic carbocycles. The molecular formula is C19H28N4O. The van der Waals surface area contributed by atoms with E-state index in [1.807, 2.05) is 12.1 Å². The summed E-state index contributed by atoms with van der Waals surface area (Å²) in [7, 11) is 0. The van der Waals surface area contributed by atoms with E-state index in [1.165, 1.54) is 6.42 Å². The van der Waals surface area contributed by atoms with E-state index in [-0.39, 0.29) is 7.53 Å². The first-order valence-corrected chi connectivity index (χ1v) is 8.50. The molecule has 1 aromatic carbocycles. The molecule has 1 heterocycles. The number of aliphatic imine (C=N–C) groups is 1. The molecule has 1 fully saturated rings. The molecule has 5 heteroatoms. The Bertz CT molecular complexity index is 655. The summed E-state index contributed by atoms with van der Waals surface area (Å²) in [5, 5.41) is 3.91. The predicted octanol–water partition coefficient (Wildman–Crippen LogP) is 2.11. The van der Waals surface area contributed by atoms with Crippen molar-refractivity contribution in [2.75, 3.05) is 19.7 Å². The minimum atomic E-state index is 0. The van der Waals surface area contributed by atoms with Crippen LogP contribution in [0.25, 0.3) is 0 Å². The number of aryl methyl sites for hydroxylation is 1. The molecule has 4 N–H and O–H groups in total. The van der Waals surface area contributed by atoms with Gasteiger partial charge in [-0.25, -0.2) is 0 Å². The largest absolute Gasteiger partial charge is 0.376 e. The highest BCUT2D eigenvalue weighted by Gasteiger charge is 2.13. The minimum absolute atomic E-state index is 0. The van der Waals surface area contributed by atoms with Gasteiger partial charge in [-0.3, -0.25) is 4.99 Å². The summed E-state index contributed by atoms with van der Waals surface area (Å²) in [4.78, 5) is 4.48. The number of benzene rings is 1. The van der Waals surface area contributed by atoms with Crippen LogP contribution in [0.1, 0.15) is 44.3 Å². The topological polar surface area (TPSA) is 86.0 Å². The van der Waals surface area contributed by atoms with Gasteiger partial charge in [-0.1, -0.05) is 24.8 Å². The first-order valence-electron chi connectivity index (χ1n) is 8.50. The molecule has 2 rings (SSSR count). The number of rotatable bonds is 5. The van der Waals surface area contributed by atoms with Crippen LogP contribution in [0, 0.1) is 11.8 Å². The van der Waals surface area contributed by atoms with E-state index in [2.05, 4.69) is 34.9 Å².